The van der Waals surface area contributed by atoms with Crippen molar-refractivity contribution < 1.29 is 0 Å². The van der Waals surface area contributed by atoms with Crippen LogP contribution in [0.25, 0.3) is 6.08 Å². The fourth-order valence-electron chi connectivity index (χ4n) is 2.51. The second kappa shape index (κ2) is 16.5. The highest BCUT2D eigenvalue weighted by molar-refractivity contribution is 7.57. The first-order chi connectivity index (χ1) is 11.2. The summed E-state index contributed by atoms with van der Waals surface area (Å²) in [6.07, 6.45) is 15.2. The van der Waals surface area contributed by atoms with Gasteiger partial charge >= 0.3 is 0 Å². The van der Waals surface area contributed by atoms with Crippen LogP contribution in [0, 0.1) is 0 Å². The molecule has 0 fully saturated rings. The summed E-state index contributed by atoms with van der Waals surface area (Å²) >= 11 is 5.66. The number of hydrogen-bond donors (Lipinski definition) is 0. The van der Waals surface area contributed by atoms with Crippen LogP contribution in [0.1, 0.15) is 70.4 Å². The number of unbranched alkanes of at least 4 members (excludes halogenated alkanes) is 3. The minimum atomic E-state index is 0.0675. The summed E-state index contributed by atoms with van der Waals surface area (Å²) in [7, 11) is 0.0675. The first-order valence-electron chi connectivity index (χ1n) is 9.33. The van der Waals surface area contributed by atoms with E-state index in [0.29, 0.717) is 5.88 Å². The molecule has 0 aliphatic rings. The van der Waals surface area contributed by atoms with E-state index >= 15 is 0 Å². The van der Waals surface area contributed by atoms with Crippen molar-refractivity contribution in [3.63, 3.8) is 0 Å². The lowest BCUT2D eigenvalue weighted by atomic mass is 10.1. The van der Waals surface area contributed by atoms with Crippen molar-refractivity contribution >= 4 is 25.6 Å². The molecule has 0 saturated heterocycles. The van der Waals surface area contributed by atoms with Crippen LogP contribution >= 0.6 is 19.5 Å². The van der Waals surface area contributed by atoms with Crippen LogP contribution in [0.4, 0.5) is 0 Å². The number of rotatable bonds is 11. The maximum absolute atomic E-state index is 5.66. The van der Waals surface area contributed by atoms with Crippen molar-refractivity contribution in [2.45, 2.75) is 65.2 Å². The van der Waals surface area contributed by atoms with Gasteiger partial charge in [-0.3, -0.25) is 0 Å². The summed E-state index contributed by atoms with van der Waals surface area (Å²) in [6, 6.07) is 7.96. The number of benzene rings is 1. The largest absolute Gasteiger partial charge is 0.122 e. The van der Waals surface area contributed by atoms with Gasteiger partial charge < -0.3 is 0 Å². The van der Waals surface area contributed by atoms with Crippen molar-refractivity contribution in [1.29, 1.82) is 0 Å². The molecular formula is C21H37ClP+. The highest BCUT2D eigenvalue weighted by Crippen LogP contribution is 2.38. The van der Waals surface area contributed by atoms with Crippen LogP contribution in [-0.2, 0) is 5.88 Å². The van der Waals surface area contributed by atoms with Gasteiger partial charge in [-0.05, 0) is 30.4 Å². The number of alkyl halides is 1. The van der Waals surface area contributed by atoms with Crippen LogP contribution in [0.2, 0.25) is 0 Å². The number of hydrogen-bond acceptors (Lipinski definition) is 0. The maximum atomic E-state index is 5.66. The van der Waals surface area contributed by atoms with E-state index in [9.17, 15) is 0 Å². The quantitative estimate of drug-likeness (QED) is 0.282. The Bertz CT molecular complexity index is 370. The van der Waals surface area contributed by atoms with Crippen molar-refractivity contribution in [2.75, 3.05) is 18.5 Å². The topological polar surface area (TPSA) is 0 Å². The minimum absolute atomic E-state index is 0.0675. The minimum Gasteiger partial charge on any atom is -0.122 e. The average Bonchev–Trinajstić information content (AvgIpc) is 2.61. The molecule has 0 heterocycles. The second-order valence-electron chi connectivity index (χ2n) is 6.10. The molecule has 0 nitrogen and oxygen atoms in total. The standard InChI is InChI=1S/C12H27P.C9H9Cl/c1-4-7-10-13(11-8-5-2)12-9-6-3;1-2-8-5-3-4-6-9(8)7-10/h4-12H2,1-3H3;2-6H,1,7H2/p+1. The first kappa shape index (κ1) is 22.7. The molecule has 1 aromatic carbocycles. The van der Waals surface area contributed by atoms with Gasteiger partial charge in [0, 0.05) is 13.8 Å². The third-order valence-corrected chi connectivity index (χ3v) is 7.54. The van der Waals surface area contributed by atoms with Crippen LogP contribution < -0.4 is 0 Å². The van der Waals surface area contributed by atoms with Gasteiger partial charge in [0.1, 0.15) is 0 Å². The van der Waals surface area contributed by atoms with E-state index in [0.717, 1.165) is 11.1 Å². The lowest BCUT2D eigenvalue weighted by Gasteiger charge is -2.09. The Morgan fingerprint density at radius 3 is 1.74 bits per heavy atom. The van der Waals surface area contributed by atoms with Gasteiger partial charge in [-0.1, -0.05) is 77.0 Å². The Balaban J connectivity index is 0.000000433. The Morgan fingerprint density at radius 1 is 0.913 bits per heavy atom. The Morgan fingerprint density at radius 2 is 1.39 bits per heavy atom. The number of halogens is 1. The van der Waals surface area contributed by atoms with Gasteiger partial charge in [-0.2, -0.15) is 0 Å². The Labute approximate surface area is 151 Å². The van der Waals surface area contributed by atoms with Crippen LogP contribution in [-0.4, -0.2) is 18.5 Å². The fourth-order valence-corrected chi connectivity index (χ4v) is 6.06. The van der Waals surface area contributed by atoms with E-state index in [2.05, 4.69) is 27.4 Å². The Hall–Kier alpha value is -0.320. The van der Waals surface area contributed by atoms with Gasteiger partial charge in [-0.15, -0.1) is 11.6 Å². The highest BCUT2D eigenvalue weighted by atomic mass is 35.5. The summed E-state index contributed by atoms with van der Waals surface area (Å²) in [5.74, 6) is 0.558. The highest BCUT2D eigenvalue weighted by Gasteiger charge is 2.12. The molecule has 0 aliphatic carbocycles. The van der Waals surface area contributed by atoms with Crippen LogP contribution in [0.3, 0.4) is 0 Å². The zero-order valence-electron chi connectivity index (χ0n) is 15.5. The second-order valence-corrected chi connectivity index (χ2v) is 9.36. The molecule has 0 saturated carbocycles. The Kier molecular flexibility index (Phi) is 16.3. The zero-order chi connectivity index (χ0) is 17.3. The SMILES string of the molecule is C=Cc1ccccc1CCl.CCCC[PH+](CCCC)CCCC. The third kappa shape index (κ3) is 11.8. The molecule has 23 heavy (non-hydrogen) atoms. The summed E-state index contributed by atoms with van der Waals surface area (Å²) in [5.41, 5.74) is 2.26. The molecule has 0 spiro atoms. The molecular weight excluding hydrogens is 319 g/mol. The smallest absolute Gasteiger partial charge is 0.0571 e. The summed E-state index contributed by atoms with van der Waals surface area (Å²) in [4.78, 5) is 0. The van der Waals surface area contributed by atoms with E-state index in [4.69, 9.17) is 11.6 Å². The molecule has 0 N–H and O–H groups in total. The molecule has 2 heteroatoms. The summed E-state index contributed by atoms with van der Waals surface area (Å²) in [6.45, 7) is 10.6. The van der Waals surface area contributed by atoms with E-state index in [1.165, 1.54) is 38.5 Å². The van der Waals surface area contributed by atoms with Crippen molar-refractivity contribution in [2.24, 2.45) is 0 Å². The van der Waals surface area contributed by atoms with Crippen molar-refractivity contribution in [3.8, 4) is 0 Å². The van der Waals surface area contributed by atoms with Gasteiger partial charge in [0.25, 0.3) is 0 Å². The van der Waals surface area contributed by atoms with E-state index in [1.807, 2.05) is 30.3 Å². The van der Waals surface area contributed by atoms with Gasteiger partial charge in [0.15, 0.2) is 0 Å². The molecule has 0 bridgehead atoms. The lowest BCUT2D eigenvalue weighted by Crippen LogP contribution is -1.95. The third-order valence-electron chi connectivity index (χ3n) is 4.07. The van der Waals surface area contributed by atoms with Gasteiger partial charge in [-0.25, -0.2) is 0 Å². The molecule has 1 rings (SSSR count). The van der Waals surface area contributed by atoms with Crippen LogP contribution in [0.5, 0.6) is 0 Å². The van der Waals surface area contributed by atoms with E-state index in [-0.39, 0.29) is 7.92 Å². The molecule has 0 amide bonds. The van der Waals surface area contributed by atoms with Gasteiger partial charge in [0.05, 0.1) is 18.5 Å². The monoisotopic (exact) mass is 355 g/mol. The zero-order valence-corrected chi connectivity index (χ0v) is 17.3. The fraction of sp³-hybridized carbons (Fsp3) is 0.619. The predicted molar refractivity (Wildman–Crippen MR) is 114 cm³/mol. The maximum Gasteiger partial charge on any atom is 0.0571 e. The van der Waals surface area contributed by atoms with Crippen molar-refractivity contribution in [1.82, 2.24) is 0 Å². The first-order valence-corrected chi connectivity index (χ1v) is 12.0. The molecule has 0 aromatic heterocycles. The molecule has 1 aromatic rings. The average molecular weight is 356 g/mol. The van der Waals surface area contributed by atoms with Crippen molar-refractivity contribution in [3.05, 3.63) is 42.0 Å². The predicted octanol–water partition coefficient (Wildman–Crippen LogP) is 7.67. The molecule has 0 radical (unpaired) electrons. The summed E-state index contributed by atoms with van der Waals surface area (Å²) in [5, 5.41) is 0. The molecule has 0 atom stereocenters. The lowest BCUT2D eigenvalue weighted by molar-refractivity contribution is 0.847. The van der Waals surface area contributed by atoms with E-state index in [1.54, 1.807) is 18.5 Å². The summed E-state index contributed by atoms with van der Waals surface area (Å²) < 4.78 is 0. The molecule has 0 aliphatic heterocycles. The van der Waals surface area contributed by atoms with E-state index < -0.39 is 0 Å². The molecule has 132 valence electrons. The molecule has 0 unspecified atom stereocenters. The normalized spacial score (nSPS) is 10.3. The van der Waals surface area contributed by atoms with Gasteiger partial charge in [0.2, 0.25) is 0 Å². The van der Waals surface area contributed by atoms with Crippen LogP contribution in [0.15, 0.2) is 30.8 Å².